The summed E-state index contributed by atoms with van der Waals surface area (Å²) in [6.07, 6.45) is 1.35. The van der Waals surface area contributed by atoms with Gasteiger partial charge < -0.3 is 20.5 Å². The molecule has 0 spiro atoms. The Kier molecular flexibility index (Phi) is 9.02. The maximum Gasteiger partial charge on any atom is 0.408 e. The fraction of sp³-hybridized carbons (Fsp3) is 0.238. The summed E-state index contributed by atoms with van der Waals surface area (Å²) < 4.78 is 18.0. The largest absolute Gasteiger partial charge is 0.480 e. The highest BCUT2D eigenvalue weighted by Gasteiger charge is 2.19. The van der Waals surface area contributed by atoms with E-state index in [-0.39, 0.29) is 31.2 Å². The van der Waals surface area contributed by atoms with Crippen LogP contribution in [0.25, 0.3) is 0 Å². The van der Waals surface area contributed by atoms with Crippen LogP contribution in [0.1, 0.15) is 17.5 Å². The molecular weight excluding hydrogens is 411 g/mol. The zero-order chi connectivity index (χ0) is 21.9. The molecule has 2 amide bonds. The lowest BCUT2D eigenvalue weighted by Crippen LogP contribution is -2.41. The van der Waals surface area contributed by atoms with Crippen molar-refractivity contribution in [3.63, 3.8) is 0 Å². The van der Waals surface area contributed by atoms with Gasteiger partial charge >= 0.3 is 12.1 Å². The summed E-state index contributed by atoms with van der Waals surface area (Å²) in [7, 11) is 0. The number of aliphatic carboxylic acids is 1. The van der Waals surface area contributed by atoms with Gasteiger partial charge in [-0.3, -0.25) is 4.79 Å². The number of carboxylic acids is 1. The smallest absolute Gasteiger partial charge is 0.408 e. The van der Waals surface area contributed by atoms with Crippen molar-refractivity contribution in [2.24, 2.45) is 0 Å². The average Bonchev–Trinajstić information content (AvgIpc) is 2.72. The summed E-state index contributed by atoms with van der Waals surface area (Å²) in [5, 5.41) is 15.9. The highest BCUT2D eigenvalue weighted by Crippen LogP contribution is 2.12. The number of anilines is 1. The van der Waals surface area contributed by atoms with Gasteiger partial charge in [0.05, 0.1) is 6.42 Å². The van der Waals surface area contributed by atoms with Crippen LogP contribution in [0, 0.1) is 5.82 Å². The standard InChI is InChI=1S/C21H23FN2O5S/c1-30-11-10-18(20(26)27)24-21(28)29-13-15-4-8-17(9-5-15)23-19(25)12-14-2-6-16(22)7-3-14/h2-9,11,18,30H,10,12-13H2,1H3,(H,23,25)(H,24,28)(H,26,27)/t18-/m0/s1. The molecule has 9 heteroatoms. The minimum Gasteiger partial charge on any atom is -0.480 e. The Balaban J connectivity index is 1.80. The van der Waals surface area contributed by atoms with E-state index in [1.165, 1.54) is 12.1 Å². The molecule has 30 heavy (non-hydrogen) atoms. The average molecular weight is 434 g/mol. The number of halogens is 1. The number of rotatable bonds is 9. The minimum absolute atomic E-state index is 0.0439. The molecule has 1 atom stereocenters. The number of benzene rings is 2. The second-order valence-corrected chi connectivity index (χ2v) is 7.22. The SMILES string of the molecule is C[SH]=CC[C@H](NC(=O)OCc1ccc(NC(=O)Cc2ccc(F)cc2)cc1)C(=O)O. The van der Waals surface area contributed by atoms with Gasteiger partial charge in [-0.2, -0.15) is 0 Å². The lowest BCUT2D eigenvalue weighted by molar-refractivity contribution is -0.139. The third-order valence-electron chi connectivity index (χ3n) is 4.00. The van der Waals surface area contributed by atoms with Crippen molar-refractivity contribution in [1.82, 2.24) is 5.32 Å². The number of nitrogens with one attached hydrogen (secondary N) is 2. The summed E-state index contributed by atoms with van der Waals surface area (Å²) in [6.45, 7) is -0.0439. The van der Waals surface area contributed by atoms with E-state index in [2.05, 4.69) is 10.6 Å². The Labute approximate surface area is 177 Å². The molecular formula is C21H23FN2O5S. The van der Waals surface area contributed by atoms with Gasteiger partial charge in [0.1, 0.15) is 18.5 Å². The molecule has 0 fully saturated rings. The molecule has 0 saturated carbocycles. The van der Waals surface area contributed by atoms with E-state index < -0.39 is 18.1 Å². The Hall–Kier alpha value is -3.20. The number of carbonyl (C=O) groups excluding carboxylic acids is 2. The summed E-state index contributed by atoms with van der Waals surface area (Å²) in [6, 6.07) is 11.3. The fourth-order valence-electron chi connectivity index (χ4n) is 2.44. The number of carbonyl (C=O) groups is 3. The van der Waals surface area contributed by atoms with Gasteiger partial charge in [0.2, 0.25) is 5.91 Å². The molecule has 0 aliphatic heterocycles. The van der Waals surface area contributed by atoms with Crippen LogP contribution in [0.4, 0.5) is 14.9 Å². The van der Waals surface area contributed by atoms with Crippen LogP contribution in [-0.2, 0) is 27.4 Å². The van der Waals surface area contributed by atoms with Crippen molar-refractivity contribution in [1.29, 1.82) is 0 Å². The quantitative estimate of drug-likeness (QED) is 0.359. The van der Waals surface area contributed by atoms with Gasteiger partial charge in [-0.1, -0.05) is 29.6 Å². The van der Waals surface area contributed by atoms with Crippen molar-refractivity contribution < 1.29 is 28.6 Å². The summed E-state index contributed by atoms with van der Waals surface area (Å²) in [5.41, 5.74) is 1.93. The van der Waals surface area contributed by atoms with Crippen LogP contribution in [0.5, 0.6) is 0 Å². The molecule has 7 nitrogen and oxygen atoms in total. The molecule has 0 heterocycles. The Morgan fingerprint density at radius 2 is 1.73 bits per heavy atom. The highest BCUT2D eigenvalue weighted by molar-refractivity contribution is 7.96. The van der Waals surface area contributed by atoms with E-state index in [0.717, 1.165) is 11.4 Å². The van der Waals surface area contributed by atoms with Crippen molar-refractivity contribution in [3.05, 3.63) is 65.5 Å². The second kappa shape index (κ2) is 11.7. The number of alkyl carbamates (subject to hydrolysis) is 1. The lowest BCUT2D eigenvalue weighted by Gasteiger charge is -2.13. The van der Waals surface area contributed by atoms with E-state index in [4.69, 9.17) is 9.84 Å². The first-order valence-electron chi connectivity index (χ1n) is 9.07. The van der Waals surface area contributed by atoms with Crippen LogP contribution < -0.4 is 10.6 Å². The van der Waals surface area contributed by atoms with Crippen LogP contribution in [0.3, 0.4) is 0 Å². The first-order valence-corrected chi connectivity index (χ1v) is 10.5. The van der Waals surface area contributed by atoms with Gasteiger partial charge in [0.15, 0.2) is 0 Å². The molecule has 0 saturated heterocycles. The molecule has 0 bridgehead atoms. The van der Waals surface area contributed by atoms with Gasteiger partial charge in [-0.05, 0) is 41.6 Å². The summed E-state index contributed by atoms with van der Waals surface area (Å²) in [4.78, 5) is 35.0. The molecule has 0 aliphatic carbocycles. The van der Waals surface area contributed by atoms with Gasteiger partial charge in [0, 0.05) is 12.1 Å². The summed E-state index contributed by atoms with van der Waals surface area (Å²) in [5.74, 6) is -1.73. The van der Waals surface area contributed by atoms with E-state index in [0.29, 0.717) is 16.8 Å². The van der Waals surface area contributed by atoms with Crippen LogP contribution >= 0.6 is 11.4 Å². The highest BCUT2D eigenvalue weighted by atomic mass is 32.1. The van der Waals surface area contributed by atoms with Crippen LogP contribution in [0.15, 0.2) is 48.5 Å². The van der Waals surface area contributed by atoms with Crippen molar-refractivity contribution >= 4 is 40.4 Å². The number of thiol groups is 1. The third-order valence-corrected chi connectivity index (χ3v) is 4.58. The van der Waals surface area contributed by atoms with E-state index in [1.54, 1.807) is 41.8 Å². The van der Waals surface area contributed by atoms with E-state index >= 15 is 0 Å². The van der Waals surface area contributed by atoms with Crippen LogP contribution in [0.2, 0.25) is 0 Å². The number of hydrogen-bond acceptors (Lipinski definition) is 4. The Bertz CT molecular complexity index is 901. The number of ether oxygens (including phenoxy) is 1. The Morgan fingerprint density at radius 3 is 2.33 bits per heavy atom. The number of hydrogen-bond donors (Lipinski definition) is 4. The third kappa shape index (κ3) is 8.04. The first kappa shape index (κ1) is 23.1. The molecule has 0 aliphatic rings. The predicted molar refractivity (Wildman–Crippen MR) is 116 cm³/mol. The maximum absolute atomic E-state index is 12.9. The van der Waals surface area contributed by atoms with Crippen molar-refractivity contribution in [2.75, 3.05) is 11.6 Å². The zero-order valence-electron chi connectivity index (χ0n) is 16.3. The monoisotopic (exact) mass is 434 g/mol. The number of carboxylic acid groups (broad SMARTS) is 1. The predicted octanol–water partition coefficient (Wildman–Crippen LogP) is 2.97. The van der Waals surface area contributed by atoms with E-state index in [1.807, 2.05) is 6.26 Å². The minimum atomic E-state index is -1.13. The van der Waals surface area contributed by atoms with Crippen LogP contribution in [-0.4, -0.2) is 40.7 Å². The maximum atomic E-state index is 12.9. The molecule has 2 rings (SSSR count). The topological polar surface area (TPSA) is 105 Å². The second-order valence-electron chi connectivity index (χ2n) is 6.34. The van der Waals surface area contributed by atoms with Gasteiger partial charge in [-0.25, -0.2) is 25.3 Å². The lowest BCUT2D eigenvalue weighted by atomic mass is 10.1. The van der Waals surface area contributed by atoms with Crippen molar-refractivity contribution in [3.8, 4) is 0 Å². The molecule has 2 aromatic rings. The molecule has 3 N–H and O–H groups in total. The normalized spacial score (nSPS) is 11.9. The first-order chi connectivity index (χ1) is 14.4. The fourth-order valence-corrected chi connectivity index (χ4v) is 2.86. The van der Waals surface area contributed by atoms with Gasteiger partial charge in [-0.15, -0.1) is 0 Å². The zero-order valence-corrected chi connectivity index (χ0v) is 17.2. The van der Waals surface area contributed by atoms with Crippen molar-refractivity contribution in [2.45, 2.75) is 25.5 Å². The molecule has 0 aromatic heterocycles. The number of amides is 2. The summed E-state index contributed by atoms with van der Waals surface area (Å²) >= 11 is 0.923. The Morgan fingerprint density at radius 1 is 1.10 bits per heavy atom. The van der Waals surface area contributed by atoms with Gasteiger partial charge in [0.25, 0.3) is 0 Å². The molecule has 2 aromatic carbocycles. The molecule has 0 radical (unpaired) electrons. The van der Waals surface area contributed by atoms with E-state index in [9.17, 15) is 18.8 Å². The molecule has 0 unspecified atom stereocenters. The molecule has 160 valence electrons.